The number of esters is 1. The molecule has 1 atom stereocenters. The molecule has 2 rings (SSSR count). The van der Waals surface area contributed by atoms with Crippen LogP contribution in [0.5, 0.6) is 0 Å². The third-order valence-corrected chi connectivity index (χ3v) is 3.80. The van der Waals surface area contributed by atoms with Gasteiger partial charge >= 0.3 is 5.97 Å². The van der Waals surface area contributed by atoms with Gasteiger partial charge in [0.25, 0.3) is 0 Å². The summed E-state index contributed by atoms with van der Waals surface area (Å²) in [6.45, 7) is 5.77. The molecule has 2 saturated heterocycles. The van der Waals surface area contributed by atoms with E-state index in [-0.39, 0.29) is 17.5 Å². The Morgan fingerprint density at radius 2 is 2.12 bits per heavy atom. The highest BCUT2D eigenvalue weighted by atomic mass is 16.5. The summed E-state index contributed by atoms with van der Waals surface area (Å²) < 4.78 is 5.62. The van der Waals surface area contributed by atoms with Crippen LogP contribution < -0.4 is 5.32 Å². The lowest BCUT2D eigenvalue weighted by Gasteiger charge is -2.31. The zero-order valence-electron chi connectivity index (χ0n) is 10.3. The lowest BCUT2D eigenvalue weighted by atomic mass is 9.90. The lowest BCUT2D eigenvalue weighted by molar-refractivity contribution is -0.161. The van der Waals surface area contributed by atoms with Crippen molar-refractivity contribution in [3.05, 3.63) is 0 Å². The number of carbonyl (C=O) groups is 1. The zero-order chi connectivity index (χ0) is 11.6. The number of hydrogen-bond acceptors (Lipinski definition) is 4. The predicted molar refractivity (Wildman–Crippen MR) is 62.2 cm³/mol. The van der Waals surface area contributed by atoms with Crippen molar-refractivity contribution in [1.29, 1.82) is 0 Å². The van der Waals surface area contributed by atoms with Crippen LogP contribution in [0.25, 0.3) is 0 Å². The molecule has 0 aromatic heterocycles. The molecule has 1 unspecified atom stereocenters. The Kier molecular flexibility index (Phi) is 3.50. The van der Waals surface area contributed by atoms with Gasteiger partial charge in [-0.3, -0.25) is 4.79 Å². The first kappa shape index (κ1) is 11.9. The summed E-state index contributed by atoms with van der Waals surface area (Å²) in [4.78, 5) is 14.3. The van der Waals surface area contributed by atoms with Gasteiger partial charge in [-0.15, -0.1) is 0 Å². The van der Waals surface area contributed by atoms with E-state index >= 15 is 0 Å². The second-order valence-electron chi connectivity index (χ2n) is 5.40. The van der Waals surface area contributed by atoms with Crippen molar-refractivity contribution in [1.82, 2.24) is 10.2 Å². The summed E-state index contributed by atoms with van der Waals surface area (Å²) in [6.07, 6.45) is 3.00. The van der Waals surface area contributed by atoms with Gasteiger partial charge in [0.15, 0.2) is 0 Å². The molecule has 2 aliphatic rings. The molecular formula is C12H22N2O2. The molecule has 2 fully saturated rings. The van der Waals surface area contributed by atoms with Gasteiger partial charge in [-0.2, -0.15) is 0 Å². The molecule has 0 spiro atoms. The topological polar surface area (TPSA) is 41.6 Å². The van der Waals surface area contributed by atoms with Crippen LogP contribution in [0.4, 0.5) is 0 Å². The minimum atomic E-state index is -0.288. The van der Waals surface area contributed by atoms with Crippen molar-refractivity contribution in [2.24, 2.45) is 5.41 Å². The molecule has 0 aliphatic carbocycles. The van der Waals surface area contributed by atoms with Crippen molar-refractivity contribution in [3.63, 3.8) is 0 Å². The Labute approximate surface area is 97.3 Å². The lowest BCUT2D eigenvalue weighted by Crippen LogP contribution is -2.39. The molecule has 4 nitrogen and oxygen atoms in total. The van der Waals surface area contributed by atoms with E-state index in [4.69, 9.17) is 4.74 Å². The number of piperidine rings is 1. The molecule has 0 amide bonds. The Morgan fingerprint density at radius 1 is 1.44 bits per heavy atom. The average molecular weight is 226 g/mol. The van der Waals surface area contributed by atoms with Crippen molar-refractivity contribution >= 4 is 5.97 Å². The van der Waals surface area contributed by atoms with Crippen LogP contribution in [-0.4, -0.2) is 50.2 Å². The second-order valence-corrected chi connectivity index (χ2v) is 5.40. The quantitative estimate of drug-likeness (QED) is 0.701. The molecule has 0 radical (unpaired) electrons. The summed E-state index contributed by atoms with van der Waals surface area (Å²) in [5, 5.41) is 3.23. The standard InChI is InChI=1S/C12H22N2O2/c1-12(5-6-13-9-12)11(15)16-10-3-7-14(2)8-4-10/h10,13H,3-9H2,1-2H3. The van der Waals surface area contributed by atoms with Crippen LogP contribution in [0, 0.1) is 5.41 Å². The maximum atomic E-state index is 12.0. The predicted octanol–water partition coefficient (Wildman–Crippen LogP) is 0.623. The summed E-state index contributed by atoms with van der Waals surface area (Å²) >= 11 is 0. The maximum absolute atomic E-state index is 12.0. The van der Waals surface area contributed by atoms with Gasteiger partial charge in [0, 0.05) is 19.6 Å². The SMILES string of the molecule is CN1CCC(OC(=O)C2(C)CCNC2)CC1. The number of likely N-dealkylation sites (tertiary alicyclic amines) is 1. The first-order valence-electron chi connectivity index (χ1n) is 6.20. The molecule has 1 N–H and O–H groups in total. The van der Waals surface area contributed by atoms with Gasteiger partial charge in [-0.25, -0.2) is 0 Å². The monoisotopic (exact) mass is 226 g/mol. The highest BCUT2D eigenvalue weighted by Gasteiger charge is 2.39. The van der Waals surface area contributed by atoms with Gasteiger partial charge in [0.2, 0.25) is 0 Å². The molecule has 0 bridgehead atoms. The van der Waals surface area contributed by atoms with Gasteiger partial charge < -0.3 is 15.0 Å². The number of hydrogen-bond donors (Lipinski definition) is 1. The first-order chi connectivity index (χ1) is 7.60. The minimum absolute atomic E-state index is 0.00736. The summed E-state index contributed by atoms with van der Waals surface area (Å²) in [6, 6.07) is 0. The highest BCUT2D eigenvalue weighted by molar-refractivity contribution is 5.77. The number of ether oxygens (including phenoxy) is 1. The average Bonchev–Trinajstić information content (AvgIpc) is 2.70. The van der Waals surface area contributed by atoms with Crippen molar-refractivity contribution < 1.29 is 9.53 Å². The smallest absolute Gasteiger partial charge is 0.313 e. The zero-order valence-corrected chi connectivity index (χ0v) is 10.3. The summed E-state index contributed by atoms with van der Waals surface area (Å²) in [7, 11) is 2.11. The van der Waals surface area contributed by atoms with E-state index in [1.54, 1.807) is 0 Å². The van der Waals surface area contributed by atoms with Crippen LogP contribution in [0.15, 0.2) is 0 Å². The Hall–Kier alpha value is -0.610. The fourth-order valence-electron chi connectivity index (χ4n) is 2.39. The van der Waals surface area contributed by atoms with Crippen LogP contribution in [-0.2, 0) is 9.53 Å². The molecule has 0 saturated carbocycles. The van der Waals surface area contributed by atoms with Crippen LogP contribution >= 0.6 is 0 Å². The number of carbonyl (C=O) groups excluding carboxylic acids is 1. The number of rotatable bonds is 2. The number of nitrogens with zero attached hydrogens (tertiary/aromatic N) is 1. The van der Waals surface area contributed by atoms with Crippen LogP contribution in [0.3, 0.4) is 0 Å². The highest BCUT2D eigenvalue weighted by Crippen LogP contribution is 2.27. The largest absolute Gasteiger partial charge is 0.462 e. The molecule has 0 aromatic rings. The number of nitrogens with one attached hydrogen (secondary N) is 1. The third kappa shape index (κ3) is 2.55. The van der Waals surface area contributed by atoms with Gasteiger partial charge in [-0.05, 0) is 39.8 Å². The van der Waals surface area contributed by atoms with Crippen molar-refractivity contribution in [3.8, 4) is 0 Å². The van der Waals surface area contributed by atoms with Crippen LogP contribution in [0.2, 0.25) is 0 Å². The van der Waals surface area contributed by atoms with E-state index in [0.717, 1.165) is 45.4 Å². The Balaban J connectivity index is 1.83. The molecule has 16 heavy (non-hydrogen) atoms. The Morgan fingerprint density at radius 3 is 2.69 bits per heavy atom. The van der Waals surface area contributed by atoms with Crippen molar-refractivity contribution in [2.75, 3.05) is 33.2 Å². The molecule has 2 aliphatic heterocycles. The minimum Gasteiger partial charge on any atom is -0.462 e. The van der Waals surface area contributed by atoms with Gasteiger partial charge in [0.05, 0.1) is 5.41 Å². The molecule has 4 heteroatoms. The normalized spacial score (nSPS) is 32.9. The summed E-state index contributed by atoms with van der Waals surface area (Å²) in [5.74, 6) is -0.00736. The van der Waals surface area contributed by atoms with Crippen molar-refractivity contribution in [2.45, 2.75) is 32.3 Å². The van der Waals surface area contributed by atoms with E-state index in [1.807, 2.05) is 6.92 Å². The third-order valence-electron chi connectivity index (χ3n) is 3.80. The van der Waals surface area contributed by atoms with E-state index in [0.29, 0.717) is 0 Å². The second kappa shape index (κ2) is 4.72. The summed E-state index contributed by atoms with van der Waals surface area (Å²) in [5.41, 5.74) is -0.288. The van der Waals surface area contributed by atoms with Gasteiger partial charge in [0.1, 0.15) is 6.10 Å². The molecule has 92 valence electrons. The molecule has 0 aromatic carbocycles. The van der Waals surface area contributed by atoms with E-state index in [1.165, 1.54) is 0 Å². The molecular weight excluding hydrogens is 204 g/mol. The fraction of sp³-hybridized carbons (Fsp3) is 0.917. The van der Waals surface area contributed by atoms with E-state index in [9.17, 15) is 4.79 Å². The van der Waals surface area contributed by atoms with Gasteiger partial charge in [-0.1, -0.05) is 0 Å². The Bertz CT molecular complexity index is 254. The maximum Gasteiger partial charge on any atom is 0.313 e. The first-order valence-corrected chi connectivity index (χ1v) is 6.20. The van der Waals surface area contributed by atoms with E-state index in [2.05, 4.69) is 17.3 Å². The van der Waals surface area contributed by atoms with E-state index < -0.39 is 0 Å². The molecule has 2 heterocycles. The van der Waals surface area contributed by atoms with Crippen LogP contribution in [0.1, 0.15) is 26.2 Å². The fourth-order valence-corrected chi connectivity index (χ4v) is 2.39.